The minimum Gasteiger partial charge on any atom is -0.465 e. The zero-order valence-electron chi connectivity index (χ0n) is 19.6. The maximum absolute atomic E-state index is 12.2. The van der Waals surface area contributed by atoms with Gasteiger partial charge in [0, 0.05) is 18.3 Å². The SMILES string of the molecule is CC1COB(C2(B3OCC(C)O3)CCN(C(=O)O)CC2(B2OCC(C)O2)B2OCC(C)O2)O1. The Morgan fingerprint density at radius 3 is 1.39 bits per heavy atom. The highest BCUT2D eigenvalue weighted by atomic mass is 16.7. The summed E-state index contributed by atoms with van der Waals surface area (Å²) in [7, 11) is -3.16. The third-order valence-corrected chi connectivity index (χ3v) is 7.42. The summed E-state index contributed by atoms with van der Waals surface area (Å²) in [6, 6.07) is 0. The summed E-state index contributed by atoms with van der Waals surface area (Å²) < 4.78 is 50.0. The van der Waals surface area contributed by atoms with E-state index in [0.29, 0.717) is 32.8 Å². The summed E-state index contributed by atoms with van der Waals surface area (Å²) in [6.07, 6.45) is -1.35. The van der Waals surface area contributed by atoms with Gasteiger partial charge in [-0.3, -0.25) is 0 Å². The molecule has 15 heteroatoms. The van der Waals surface area contributed by atoms with Gasteiger partial charge in [-0.25, -0.2) is 4.79 Å². The molecule has 5 heterocycles. The van der Waals surface area contributed by atoms with Gasteiger partial charge in [0.05, 0.1) is 56.1 Å². The second-order valence-corrected chi connectivity index (χ2v) is 9.98. The van der Waals surface area contributed by atoms with Crippen molar-refractivity contribution in [2.75, 3.05) is 39.5 Å². The highest BCUT2D eigenvalue weighted by molar-refractivity contribution is 6.83. The molecule has 0 saturated carbocycles. The van der Waals surface area contributed by atoms with Gasteiger partial charge in [0.15, 0.2) is 0 Å². The van der Waals surface area contributed by atoms with Crippen LogP contribution in [-0.4, -0.2) is 109 Å². The summed E-state index contributed by atoms with van der Waals surface area (Å²) >= 11 is 0. The molecule has 4 atom stereocenters. The first-order valence-electron chi connectivity index (χ1n) is 11.8. The molecular formula is C18H31B4NO10. The van der Waals surface area contributed by atoms with Crippen LogP contribution in [0.1, 0.15) is 34.1 Å². The minimum atomic E-state index is -1.18. The van der Waals surface area contributed by atoms with Crippen LogP contribution in [0.4, 0.5) is 4.79 Å². The first-order valence-corrected chi connectivity index (χ1v) is 11.8. The van der Waals surface area contributed by atoms with Gasteiger partial charge in [-0.2, -0.15) is 0 Å². The second kappa shape index (κ2) is 9.01. The molecule has 4 unspecified atom stereocenters. The zero-order chi connectivity index (χ0) is 23.4. The number of nitrogens with zero attached hydrogens (tertiary/aromatic N) is 1. The number of carbonyl (C=O) groups is 1. The van der Waals surface area contributed by atoms with Crippen molar-refractivity contribution in [2.24, 2.45) is 0 Å². The van der Waals surface area contributed by atoms with E-state index in [-0.39, 0.29) is 37.5 Å². The van der Waals surface area contributed by atoms with Crippen LogP contribution in [0.5, 0.6) is 0 Å². The topological polar surface area (TPSA) is 114 Å². The van der Waals surface area contributed by atoms with E-state index in [1.807, 2.05) is 27.7 Å². The van der Waals surface area contributed by atoms with Gasteiger partial charge < -0.3 is 47.2 Å². The largest absolute Gasteiger partial charge is 0.465 e. The highest BCUT2D eigenvalue weighted by Gasteiger charge is 2.81. The maximum atomic E-state index is 12.2. The lowest BCUT2D eigenvalue weighted by molar-refractivity contribution is 0.0987. The summed E-state index contributed by atoms with van der Waals surface area (Å²) in [5, 5.41) is 7.79. The van der Waals surface area contributed by atoms with Crippen LogP contribution in [0, 0.1) is 0 Å². The molecule has 5 aliphatic rings. The van der Waals surface area contributed by atoms with Crippen LogP contribution in [0.15, 0.2) is 0 Å². The fourth-order valence-electron chi connectivity index (χ4n) is 5.87. The molecule has 5 aliphatic heterocycles. The molecule has 11 nitrogen and oxygen atoms in total. The normalized spacial score (nSPS) is 42.1. The van der Waals surface area contributed by atoms with Crippen molar-refractivity contribution in [3.05, 3.63) is 0 Å². The summed E-state index contributed by atoms with van der Waals surface area (Å²) in [5.41, 5.74) is 0. The Labute approximate surface area is 195 Å². The predicted molar refractivity (Wildman–Crippen MR) is 119 cm³/mol. The first kappa shape index (κ1) is 23.9. The standard InChI is InChI=1S/C18H31B4NO10/c1-12-7-26-19(30-12)17(20-27-8-13(2)31-20)5-6-23(16(24)25)11-18(17,21-28-9-14(3)32-21)22-29-10-15(4)33-22/h12-15H,5-11H2,1-4H3,(H,24,25). The molecular weight excluding hydrogens is 433 g/mol. The average molecular weight is 465 g/mol. The maximum Gasteiger partial charge on any atom is 0.462 e. The van der Waals surface area contributed by atoms with E-state index >= 15 is 0 Å². The Hall–Kier alpha value is -0.790. The molecule has 0 aromatic heterocycles. The highest BCUT2D eigenvalue weighted by Crippen LogP contribution is 2.67. The second-order valence-electron chi connectivity index (χ2n) is 9.98. The molecule has 33 heavy (non-hydrogen) atoms. The number of piperidine rings is 1. The number of amides is 1. The van der Waals surface area contributed by atoms with E-state index in [4.69, 9.17) is 37.2 Å². The lowest BCUT2D eigenvalue weighted by atomic mass is 9.14. The number of hydrogen-bond donors (Lipinski definition) is 1. The van der Waals surface area contributed by atoms with Crippen LogP contribution >= 0.6 is 0 Å². The van der Waals surface area contributed by atoms with Gasteiger partial charge in [-0.1, -0.05) is 0 Å². The van der Waals surface area contributed by atoms with Crippen LogP contribution in [0.2, 0.25) is 10.4 Å². The molecule has 1 N–H and O–H groups in total. The Balaban J connectivity index is 1.68. The van der Waals surface area contributed by atoms with Gasteiger partial charge in [-0.15, -0.1) is 0 Å². The van der Waals surface area contributed by atoms with Crippen LogP contribution in [0.3, 0.4) is 0 Å². The minimum absolute atomic E-state index is 0.0340. The van der Waals surface area contributed by atoms with Gasteiger partial charge in [0.25, 0.3) is 0 Å². The lowest BCUT2D eigenvalue weighted by Gasteiger charge is -2.56. The van der Waals surface area contributed by atoms with Crippen LogP contribution in [-0.2, 0) is 37.2 Å². The Morgan fingerprint density at radius 1 is 0.727 bits per heavy atom. The monoisotopic (exact) mass is 465 g/mol. The van der Waals surface area contributed by atoms with E-state index < -0.39 is 45.0 Å². The molecule has 0 radical (unpaired) electrons. The molecule has 0 bridgehead atoms. The fourth-order valence-corrected chi connectivity index (χ4v) is 5.87. The summed E-state index contributed by atoms with van der Waals surface area (Å²) in [4.78, 5) is 13.6. The van der Waals surface area contributed by atoms with Gasteiger partial charge in [0.1, 0.15) is 0 Å². The van der Waals surface area contributed by atoms with E-state index in [0.717, 1.165) is 0 Å². The van der Waals surface area contributed by atoms with Crippen molar-refractivity contribution in [1.29, 1.82) is 0 Å². The predicted octanol–water partition coefficient (Wildman–Crippen LogP) is 0.623. The molecule has 5 saturated heterocycles. The zero-order valence-corrected chi connectivity index (χ0v) is 19.6. The van der Waals surface area contributed by atoms with Gasteiger partial charge >= 0.3 is 34.6 Å². The van der Waals surface area contributed by atoms with Crippen molar-refractivity contribution in [1.82, 2.24) is 4.90 Å². The van der Waals surface area contributed by atoms with Crippen molar-refractivity contribution >= 4 is 34.6 Å². The molecule has 5 fully saturated rings. The van der Waals surface area contributed by atoms with Crippen molar-refractivity contribution in [3.8, 4) is 0 Å². The van der Waals surface area contributed by atoms with E-state index in [2.05, 4.69) is 0 Å². The van der Waals surface area contributed by atoms with Crippen LogP contribution < -0.4 is 0 Å². The number of hydrogen-bond acceptors (Lipinski definition) is 9. The fraction of sp³-hybridized carbons (Fsp3) is 0.944. The third-order valence-electron chi connectivity index (χ3n) is 7.42. The number of likely N-dealkylation sites (tertiary alicyclic amines) is 1. The van der Waals surface area contributed by atoms with Crippen LogP contribution in [0.25, 0.3) is 0 Å². The Kier molecular flexibility index (Phi) is 6.54. The van der Waals surface area contributed by atoms with E-state index in [9.17, 15) is 9.90 Å². The Bertz CT molecular complexity index is 711. The molecule has 1 amide bonds. The molecule has 180 valence electrons. The average Bonchev–Trinajstić information content (AvgIpc) is 3.57. The third kappa shape index (κ3) is 3.85. The number of rotatable bonds is 4. The smallest absolute Gasteiger partial charge is 0.462 e. The van der Waals surface area contributed by atoms with Gasteiger partial charge in [0.2, 0.25) is 0 Å². The molecule has 0 aliphatic carbocycles. The summed E-state index contributed by atoms with van der Waals surface area (Å²) in [5.74, 6) is 0. The van der Waals surface area contributed by atoms with E-state index in [1.54, 1.807) is 0 Å². The van der Waals surface area contributed by atoms with Gasteiger partial charge in [-0.05, 0) is 34.1 Å². The molecule has 5 rings (SSSR count). The van der Waals surface area contributed by atoms with Crippen molar-refractivity contribution < 1.29 is 47.1 Å². The quantitative estimate of drug-likeness (QED) is 0.594. The number of carboxylic acid groups (broad SMARTS) is 1. The molecule has 0 aromatic rings. The molecule has 0 spiro atoms. The molecule has 0 aromatic carbocycles. The van der Waals surface area contributed by atoms with E-state index in [1.165, 1.54) is 4.90 Å². The summed E-state index contributed by atoms with van der Waals surface area (Å²) in [6.45, 7) is 9.53. The van der Waals surface area contributed by atoms with Crippen molar-refractivity contribution in [2.45, 2.75) is 69.0 Å². The first-order chi connectivity index (χ1) is 15.8. The lowest BCUT2D eigenvalue weighted by Crippen LogP contribution is -2.71. The Morgan fingerprint density at radius 2 is 1.09 bits per heavy atom. The van der Waals surface area contributed by atoms with Crippen molar-refractivity contribution in [3.63, 3.8) is 0 Å².